The third-order valence-electron chi connectivity index (χ3n) is 2.51. The molecular weight excluding hydrogens is 184 g/mol. The lowest BCUT2D eigenvalue weighted by molar-refractivity contribution is -0.0631. The van der Waals surface area contributed by atoms with Crippen molar-refractivity contribution >= 4 is 0 Å². The van der Waals surface area contributed by atoms with E-state index in [1.54, 1.807) is 0 Å². The van der Waals surface area contributed by atoms with Gasteiger partial charge in [-0.05, 0) is 5.92 Å². The van der Waals surface area contributed by atoms with Crippen LogP contribution in [0.15, 0.2) is 0 Å². The lowest BCUT2D eigenvalue weighted by atomic mass is 9.92. The third-order valence-corrected chi connectivity index (χ3v) is 2.51. The van der Waals surface area contributed by atoms with Gasteiger partial charge < -0.3 is 20.1 Å². The van der Waals surface area contributed by atoms with Crippen molar-refractivity contribution in [1.82, 2.24) is 0 Å². The van der Waals surface area contributed by atoms with Crippen molar-refractivity contribution in [2.45, 2.75) is 20.3 Å². The first-order chi connectivity index (χ1) is 6.64. The summed E-state index contributed by atoms with van der Waals surface area (Å²) < 4.78 is 5.34. The van der Waals surface area contributed by atoms with Crippen LogP contribution in [0.25, 0.3) is 0 Å². The molecule has 0 unspecified atom stereocenters. The number of rotatable bonds is 8. The Hall–Kier alpha value is -0.160. The van der Waals surface area contributed by atoms with Crippen LogP contribution in [0.2, 0.25) is 0 Å². The van der Waals surface area contributed by atoms with E-state index in [0.717, 1.165) is 6.42 Å². The molecule has 3 N–H and O–H groups in total. The topological polar surface area (TPSA) is 69.9 Å². The largest absolute Gasteiger partial charge is 0.396 e. The molecule has 0 amide bonds. The van der Waals surface area contributed by atoms with Crippen molar-refractivity contribution in [2.75, 3.05) is 33.0 Å². The van der Waals surface area contributed by atoms with Gasteiger partial charge in [-0.25, -0.2) is 0 Å². The predicted octanol–water partition coefficient (Wildman–Crippen LogP) is 0.0124. The van der Waals surface area contributed by atoms with Crippen molar-refractivity contribution in [3.8, 4) is 0 Å². The van der Waals surface area contributed by atoms with Gasteiger partial charge in [0.1, 0.15) is 0 Å². The monoisotopic (exact) mass is 206 g/mol. The maximum Gasteiger partial charge on any atom is 0.0629 e. The SMILES string of the molecule is CC[C@H](C)COCC(CO)(CO)CO. The summed E-state index contributed by atoms with van der Waals surface area (Å²) in [6.07, 6.45) is 1.03. The van der Waals surface area contributed by atoms with Crippen molar-refractivity contribution in [3.63, 3.8) is 0 Å². The van der Waals surface area contributed by atoms with E-state index >= 15 is 0 Å². The molecule has 0 rings (SSSR count). The fourth-order valence-corrected chi connectivity index (χ4v) is 0.881. The fraction of sp³-hybridized carbons (Fsp3) is 1.00. The van der Waals surface area contributed by atoms with Gasteiger partial charge in [0.2, 0.25) is 0 Å². The molecule has 0 aromatic carbocycles. The highest BCUT2D eigenvalue weighted by atomic mass is 16.5. The molecule has 0 heterocycles. The highest BCUT2D eigenvalue weighted by Gasteiger charge is 2.28. The zero-order chi connectivity index (χ0) is 11.0. The summed E-state index contributed by atoms with van der Waals surface area (Å²) in [6, 6.07) is 0. The van der Waals surface area contributed by atoms with Crippen LogP contribution in [0.4, 0.5) is 0 Å². The van der Waals surface area contributed by atoms with Crippen LogP contribution in [0.3, 0.4) is 0 Å². The van der Waals surface area contributed by atoms with E-state index in [1.165, 1.54) is 0 Å². The van der Waals surface area contributed by atoms with E-state index in [-0.39, 0.29) is 26.4 Å². The van der Waals surface area contributed by atoms with Gasteiger partial charge in [0, 0.05) is 6.61 Å². The summed E-state index contributed by atoms with van der Waals surface area (Å²) in [5.41, 5.74) is -0.895. The van der Waals surface area contributed by atoms with Gasteiger partial charge in [-0.3, -0.25) is 0 Å². The van der Waals surface area contributed by atoms with Crippen LogP contribution in [0.1, 0.15) is 20.3 Å². The lowest BCUT2D eigenvalue weighted by Crippen LogP contribution is -2.39. The molecule has 0 aromatic rings. The summed E-state index contributed by atoms with van der Waals surface area (Å²) in [5, 5.41) is 27.0. The molecule has 0 saturated heterocycles. The van der Waals surface area contributed by atoms with Crippen LogP contribution >= 0.6 is 0 Å². The maximum atomic E-state index is 9.00. The summed E-state index contributed by atoms with van der Waals surface area (Å²) in [4.78, 5) is 0. The van der Waals surface area contributed by atoms with Gasteiger partial charge in [0.15, 0.2) is 0 Å². The molecule has 4 heteroatoms. The first kappa shape index (κ1) is 13.8. The van der Waals surface area contributed by atoms with Gasteiger partial charge in [-0.2, -0.15) is 0 Å². The molecule has 0 fully saturated rings. The number of ether oxygens (including phenoxy) is 1. The van der Waals surface area contributed by atoms with E-state index in [2.05, 4.69) is 13.8 Å². The molecule has 0 bridgehead atoms. The molecule has 0 radical (unpaired) electrons. The zero-order valence-electron chi connectivity index (χ0n) is 9.07. The van der Waals surface area contributed by atoms with Crippen molar-refractivity contribution < 1.29 is 20.1 Å². The Morgan fingerprint density at radius 3 is 2.00 bits per heavy atom. The van der Waals surface area contributed by atoms with E-state index in [1.807, 2.05) is 0 Å². The molecule has 0 aliphatic carbocycles. The normalized spacial score (nSPS) is 14.4. The second-order valence-electron chi connectivity index (χ2n) is 4.00. The van der Waals surface area contributed by atoms with Crippen LogP contribution in [0, 0.1) is 11.3 Å². The molecule has 0 spiro atoms. The minimum atomic E-state index is -0.895. The van der Waals surface area contributed by atoms with Gasteiger partial charge >= 0.3 is 0 Å². The second kappa shape index (κ2) is 7.17. The molecule has 0 aliphatic rings. The van der Waals surface area contributed by atoms with E-state index in [9.17, 15) is 0 Å². The zero-order valence-corrected chi connectivity index (χ0v) is 9.07. The van der Waals surface area contributed by atoms with Gasteiger partial charge in [0.05, 0.1) is 31.8 Å². The summed E-state index contributed by atoms with van der Waals surface area (Å²) >= 11 is 0. The number of aliphatic hydroxyl groups is 3. The maximum absolute atomic E-state index is 9.00. The van der Waals surface area contributed by atoms with Gasteiger partial charge in [0.25, 0.3) is 0 Å². The van der Waals surface area contributed by atoms with E-state index < -0.39 is 5.41 Å². The average molecular weight is 206 g/mol. The Bertz CT molecular complexity index is 126. The lowest BCUT2D eigenvalue weighted by Gasteiger charge is -2.27. The molecule has 1 atom stereocenters. The Morgan fingerprint density at radius 1 is 1.14 bits per heavy atom. The summed E-state index contributed by atoms with van der Waals surface area (Å²) in [7, 11) is 0. The minimum absolute atomic E-state index is 0.195. The van der Waals surface area contributed by atoms with Crippen LogP contribution < -0.4 is 0 Å². The fourth-order valence-electron chi connectivity index (χ4n) is 0.881. The van der Waals surface area contributed by atoms with Crippen LogP contribution in [-0.4, -0.2) is 48.4 Å². The first-order valence-corrected chi connectivity index (χ1v) is 5.04. The third kappa shape index (κ3) is 4.37. The van der Waals surface area contributed by atoms with Crippen molar-refractivity contribution in [3.05, 3.63) is 0 Å². The number of hydrogen-bond donors (Lipinski definition) is 3. The van der Waals surface area contributed by atoms with E-state index in [0.29, 0.717) is 12.5 Å². The van der Waals surface area contributed by atoms with E-state index in [4.69, 9.17) is 20.1 Å². The van der Waals surface area contributed by atoms with Crippen molar-refractivity contribution in [2.24, 2.45) is 11.3 Å². The minimum Gasteiger partial charge on any atom is -0.396 e. The van der Waals surface area contributed by atoms with Gasteiger partial charge in [-0.15, -0.1) is 0 Å². The Kier molecular flexibility index (Phi) is 7.09. The molecule has 14 heavy (non-hydrogen) atoms. The molecule has 0 saturated carbocycles. The number of aliphatic hydroxyl groups excluding tert-OH is 3. The molecular formula is C10H22O4. The first-order valence-electron chi connectivity index (χ1n) is 5.04. The number of hydrogen-bond acceptors (Lipinski definition) is 4. The molecule has 4 nitrogen and oxygen atoms in total. The Labute approximate surface area is 85.5 Å². The Morgan fingerprint density at radius 2 is 1.64 bits per heavy atom. The van der Waals surface area contributed by atoms with Crippen LogP contribution in [-0.2, 0) is 4.74 Å². The summed E-state index contributed by atoms with van der Waals surface area (Å²) in [5.74, 6) is 0.462. The quantitative estimate of drug-likeness (QED) is 0.523. The standard InChI is InChI=1S/C10H22O4/c1-3-9(2)4-14-8-10(5-11,6-12)7-13/h9,11-13H,3-8H2,1-2H3/t9-/m0/s1. The van der Waals surface area contributed by atoms with Crippen molar-refractivity contribution in [1.29, 1.82) is 0 Å². The smallest absolute Gasteiger partial charge is 0.0629 e. The Balaban J connectivity index is 3.82. The highest BCUT2D eigenvalue weighted by Crippen LogP contribution is 2.15. The highest BCUT2D eigenvalue weighted by molar-refractivity contribution is 4.76. The average Bonchev–Trinajstić information content (AvgIpc) is 2.25. The van der Waals surface area contributed by atoms with Crippen LogP contribution in [0.5, 0.6) is 0 Å². The second-order valence-corrected chi connectivity index (χ2v) is 4.00. The predicted molar refractivity (Wildman–Crippen MR) is 54.0 cm³/mol. The summed E-state index contributed by atoms with van der Waals surface area (Å²) in [6.45, 7) is 4.14. The molecule has 0 aliphatic heterocycles. The van der Waals surface area contributed by atoms with Gasteiger partial charge in [-0.1, -0.05) is 20.3 Å². The molecule has 86 valence electrons. The molecule has 0 aromatic heterocycles.